The molecule has 0 aromatic heterocycles. The van der Waals surface area contributed by atoms with Gasteiger partial charge in [0.2, 0.25) is 0 Å². The summed E-state index contributed by atoms with van der Waals surface area (Å²) in [7, 11) is 1.63. The summed E-state index contributed by atoms with van der Waals surface area (Å²) in [5.41, 5.74) is 0. The molecular formula is C12H17BrN2O3. The fourth-order valence-electron chi connectivity index (χ4n) is 1.24. The van der Waals surface area contributed by atoms with Crippen molar-refractivity contribution in [3.05, 3.63) is 28.7 Å². The van der Waals surface area contributed by atoms with Crippen LogP contribution in [0.25, 0.3) is 0 Å². The summed E-state index contributed by atoms with van der Waals surface area (Å²) in [6.07, 6.45) is 0. The molecule has 5 nitrogen and oxygen atoms in total. The van der Waals surface area contributed by atoms with Crippen LogP contribution in [0.4, 0.5) is 4.79 Å². The average Bonchev–Trinajstić information content (AvgIpc) is 2.36. The van der Waals surface area contributed by atoms with Crippen molar-refractivity contribution in [2.75, 3.05) is 33.4 Å². The fraction of sp³-hybridized carbons (Fsp3) is 0.417. The predicted octanol–water partition coefficient (Wildman–Crippen LogP) is 1.46. The molecule has 0 aliphatic heterocycles. The summed E-state index contributed by atoms with van der Waals surface area (Å²) in [5, 5.41) is 11.4. The predicted molar refractivity (Wildman–Crippen MR) is 72.8 cm³/mol. The molecule has 0 fully saturated rings. The lowest BCUT2D eigenvalue weighted by Gasteiger charge is -2.16. The second kappa shape index (κ2) is 7.94. The average molecular weight is 317 g/mol. The molecule has 6 heteroatoms. The lowest BCUT2D eigenvalue weighted by atomic mass is 10.3. The van der Waals surface area contributed by atoms with Crippen molar-refractivity contribution in [2.45, 2.75) is 0 Å². The number of urea groups is 1. The van der Waals surface area contributed by atoms with E-state index in [4.69, 9.17) is 9.84 Å². The van der Waals surface area contributed by atoms with Gasteiger partial charge in [0.15, 0.2) is 0 Å². The number of nitrogens with zero attached hydrogens (tertiary/aromatic N) is 1. The third-order valence-electron chi connectivity index (χ3n) is 2.24. The maximum absolute atomic E-state index is 11.4. The second-order valence-electron chi connectivity index (χ2n) is 3.68. The molecule has 0 radical (unpaired) electrons. The number of ether oxygens (including phenoxy) is 1. The van der Waals surface area contributed by atoms with Gasteiger partial charge in [0.1, 0.15) is 12.4 Å². The second-order valence-corrected chi connectivity index (χ2v) is 4.60. The Morgan fingerprint density at radius 1 is 1.44 bits per heavy atom. The maximum Gasteiger partial charge on any atom is 0.317 e. The lowest BCUT2D eigenvalue weighted by Crippen LogP contribution is -2.40. The van der Waals surface area contributed by atoms with Crippen LogP contribution >= 0.6 is 15.9 Å². The first-order chi connectivity index (χ1) is 8.63. The number of benzene rings is 1. The number of rotatable bonds is 6. The molecule has 0 unspecified atom stereocenters. The zero-order valence-corrected chi connectivity index (χ0v) is 11.8. The number of halogens is 1. The van der Waals surface area contributed by atoms with E-state index < -0.39 is 0 Å². The van der Waals surface area contributed by atoms with Crippen molar-refractivity contribution < 1.29 is 14.6 Å². The Morgan fingerprint density at radius 3 is 2.72 bits per heavy atom. The van der Waals surface area contributed by atoms with E-state index in [1.54, 1.807) is 7.05 Å². The van der Waals surface area contributed by atoms with Crippen LogP contribution in [0.3, 0.4) is 0 Å². The largest absolute Gasteiger partial charge is 0.492 e. The molecule has 2 amide bonds. The van der Waals surface area contributed by atoms with Gasteiger partial charge in [-0.25, -0.2) is 4.79 Å². The highest BCUT2D eigenvalue weighted by Crippen LogP contribution is 2.15. The van der Waals surface area contributed by atoms with Crippen molar-refractivity contribution in [3.63, 3.8) is 0 Å². The van der Waals surface area contributed by atoms with E-state index in [0.29, 0.717) is 19.7 Å². The molecule has 18 heavy (non-hydrogen) atoms. The number of amides is 2. The molecule has 0 saturated carbocycles. The zero-order valence-electron chi connectivity index (χ0n) is 10.2. The van der Waals surface area contributed by atoms with Crippen molar-refractivity contribution >= 4 is 22.0 Å². The molecule has 2 N–H and O–H groups in total. The molecule has 1 aromatic carbocycles. The van der Waals surface area contributed by atoms with E-state index in [2.05, 4.69) is 21.2 Å². The summed E-state index contributed by atoms with van der Waals surface area (Å²) in [6.45, 7) is 1.10. The molecule has 0 aliphatic carbocycles. The Kier molecular flexibility index (Phi) is 6.53. The Morgan fingerprint density at radius 2 is 2.11 bits per heavy atom. The van der Waals surface area contributed by atoms with Crippen LogP contribution in [-0.4, -0.2) is 49.4 Å². The van der Waals surface area contributed by atoms with Crippen LogP contribution in [0.5, 0.6) is 5.75 Å². The summed E-state index contributed by atoms with van der Waals surface area (Å²) in [6, 6.07) is 7.27. The number of carbonyl (C=O) groups is 1. The number of likely N-dealkylation sites (N-methyl/N-ethyl adjacent to an activating group) is 1. The first kappa shape index (κ1) is 14.8. The molecule has 0 atom stereocenters. The van der Waals surface area contributed by atoms with Gasteiger partial charge in [0.25, 0.3) is 0 Å². The van der Waals surface area contributed by atoms with Crippen LogP contribution in [-0.2, 0) is 0 Å². The first-order valence-corrected chi connectivity index (χ1v) is 6.41. The van der Waals surface area contributed by atoms with Gasteiger partial charge in [0, 0.05) is 18.1 Å². The number of nitrogens with one attached hydrogen (secondary N) is 1. The standard InChI is InChI=1S/C12H17BrN2O3/c1-15(7-8-16)12(17)14-6-9-18-11-4-2-10(13)3-5-11/h2-5,16H,6-9H2,1H3,(H,14,17). The minimum atomic E-state index is -0.219. The van der Waals surface area contributed by atoms with Crippen molar-refractivity contribution in [2.24, 2.45) is 0 Å². The van der Waals surface area contributed by atoms with Gasteiger partial charge >= 0.3 is 6.03 Å². The van der Waals surface area contributed by atoms with Gasteiger partial charge in [-0.2, -0.15) is 0 Å². The van der Waals surface area contributed by atoms with Gasteiger partial charge < -0.3 is 20.1 Å². The summed E-state index contributed by atoms with van der Waals surface area (Å²) >= 11 is 3.34. The highest BCUT2D eigenvalue weighted by molar-refractivity contribution is 9.10. The molecule has 1 rings (SSSR count). The van der Waals surface area contributed by atoms with Crippen LogP contribution in [0.15, 0.2) is 28.7 Å². The van der Waals surface area contributed by atoms with E-state index in [0.717, 1.165) is 10.2 Å². The Balaban J connectivity index is 2.18. The Bertz CT molecular complexity index is 370. The summed E-state index contributed by atoms with van der Waals surface area (Å²) in [4.78, 5) is 12.8. The van der Waals surface area contributed by atoms with E-state index in [1.807, 2.05) is 24.3 Å². The minimum absolute atomic E-state index is 0.0423. The van der Waals surface area contributed by atoms with E-state index in [9.17, 15) is 4.79 Å². The molecule has 0 heterocycles. The highest BCUT2D eigenvalue weighted by Gasteiger charge is 2.05. The monoisotopic (exact) mass is 316 g/mol. The molecule has 0 saturated heterocycles. The smallest absolute Gasteiger partial charge is 0.317 e. The quantitative estimate of drug-likeness (QED) is 0.781. The Labute approximate surface area is 115 Å². The molecule has 0 aliphatic rings. The number of aliphatic hydroxyl groups excluding tert-OH is 1. The molecular weight excluding hydrogens is 300 g/mol. The van der Waals surface area contributed by atoms with Gasteiger partial charge in [-0.05, 0) is 24.3 Å². The normalized spacial score (nSPS) is 9.94. The van der Waals surface area contributed by atoms with E-state index in [-0.39, 0.29) is 12.6 Å². The molecule has 0 bridgehead atoms. The number of aliphatic hydroxyl groups is 1. The van der Waals surface area contributed by atoms with Crippen LogP contribution in [0, 0.1) is 0 Å². The van der Waals surface area contributed by atoms with Crippen molar-refractivity contribution in [1.82, 2.24) is 10.2 Å². The number of hydrogen-bond acceptors (Lipinski definition) is 3. The van der Waals surface area contributed by atoms with E-state index >= 15 is 0 Å². The van der Waals surface area contributed by atoms with Crippen LogP contribution in [0.1, 0.15) is 0 Å². The Hall–Kier alpha value is -1.27. The fourth-order valence-corrected chi connectivity index (χ4v) is 1.51. The van der Waals surface area contributed by atoms with Gasteiger partial charge in [0.05, 0.1) is 13.2 Å². The number of carbonyl (C=O) groups excluding carboxylic acids is 1. The molecule has 1 aromatic rings. The summed E-state index contributed by atoms with van der Waals surface area (Å²) in [5.74, 6) is 0.760. The topological polar surface area (TPSA) is 61.8 Å². The molecule has 0 spiro atoms. The highest BCUT2D eigenvalue weighted by atomic mass is 79.9. The maximum atomic E-state index is 11.4. The third-order valence-corrected chi connectivity index (χ3v) is 2.77. The van der Waals surface area contributed by atoms with Crippen molar-refractivity contribution in [1.29, 1.82) is 0 Å². The SMILES string of the molecule is CN(CCO)C(=O)NCCOc1ccc(Br)cc1. The van der Waals surface area contributed by atoms with E-state index in [1.165, 1.54) is 4.90 Å². The van der Waals surface area contributed by atoms with Crippen LogP contribution in [0.2, 0.25) is 0 Å². The first-order valence-electron chi connectivity index (χ1n) is 5.61. The summed E-state index contributed by atoms with van der Waals surface area (Å²) < 4.78 is 6.44. The molecule has 100 valence electrons. The zero-order chi connectivity index (χ0) is 13.4. The number of hydrogen-bond donors (Lipinski definition) is 2. The van der Waals surface area contributed by atoms with Gasteiger partial charge in [-0.15, -0.1) is 0 Å². The van der Waals surface area contributed by atoms with Gasteiger partial charge in [-0.1, -0.05) is 15.9 Å². The van der Waals surface area contributed by atoms with Gasteiger partial charge in [-0.3, -0.25) is 0 Å². The van der Waals surface area contributed by atoms with Crippen molar-refractivity contribution in [3.8, 4) is 5.75 Å². The minimum Gasteiger partial charge on any atom is -0.492 e. The lowest BCUT2D eigenvalue weighted by molar-refractivity contribution is 0.188. The third kappa shape index (κ3) is 5.37. The van der Waals surface area contributed by atoms with Crippen LogP contribution < -0.4 is 10.1 Å².